The van der Waals surface area contributed by atoms with E-state index >= 15 is 0 Å². The molecule has 0 aromatic rings. The van der Waals surface area contributed by atoms with Crippen LogP contribution in [-0.2, 0) is 9.47 Å². The SMILES string of the molecule is CCCC(OCC)OC(C)[S]. The van der Waals surface area contributed by atoms with Crippen molar-refractivity contribution in [3.05, 3.63) is 0 Å². The van der Waals surface area contributed by atoms with Gasteiger partial charge in [0, 0.05) is 6.61 Å². The van der Waals surface area contributed by atoms with Gasteiger partial charge in [-0.25, -0.2) is 0 Å². The summed E-state index contributed by atoms with van der Waals surface area (Å²) >= 11 is 4.88. The Bertz CT molecular complexity index is 80.2. The fourth-order valence-electron chi connectivity index (χ4n) is 0.826. The summed E-state index contributed by atoms with van der Waals surface area (Å²) < 4.78 is 10.6. The standard InChI is InChI=1S/C8H17O2S/c1-4-6-8(9-5-2)10-7(3)11/h7-8H,4-6H2,1-3H3. The van der Waals surface area contributed by atoms with Gasteiger partial charge in [0.25, 0.3) is 0 Å². The summed E-state index contributed by atoms with van der Waals surface area (Å²) in [5.74, 6) is 0. The molecule has 0 aliphatic carbocycles. The molecule has 0 heterocycles. The molecule has 2 nitrogen and oxygen atoms in total. The second-order valence-electron chi connectivity index (χ2n) is 2.38. The largest absolute Gasteiger partial charge is 0.353 e. The Hall–Kier alpha value is 0.270. The molecule has 0 aliphatic heterocycles. The first-order chi connectivity index (χ1) is 5.20. The quantitative estimate of drug-likeness (QED) is 0.581. The summed E-state index contributed by atoms with van der Waals surface area (Å²) in [6.07, 6.45) is 1.89. The highest BCUT2D eigenvalue weighted by Gasteiger charge is 2.09. The van der Waals surface area contributed by atoms with Gasteiger partial charge in [-0.15, -0.1) is 0 Å². The molecular weight excluding hydrogens is 160 g/mol. The molecule has 0 bridgehead atoms. The zero-order valence-corrected chi connectivity index (χ0v) is 8.32. The molecule has 0 aromatic carbocycles. The number of hydrogen-bond acceptors (Lipinski definition) is 2. The minimum atomic E-state index is -0.155. The summed E-state index contributed by atoms with van der Waals surface area (Å²) in [6, 6.07) is 0. The van der Waals surface area contributed by atoms with Crippen LogP contribution in [0.5, 0.6) is 0 Å². The molecule has 0 spiro atoms. The topological polar surface area (TPSA) is 18.5 Å². The molecule has 0 amide bonds. The van der Waals surface area contributed by atoms with Gasteiger partial charge >= 0.3 is 0 Å². The highest BCUT2D eigenvalue weighted by atomic mass is 32.1. The monoisotopic (exact) mass is 177 g/mol. The second-order valence-corrected chi connectivity index (χ2v) is 3.04. The lowest BCUT2D eigenvalue weighted by Gasteiger charge is -2.18. The third kappa shape index (κ3) is 6.66. The minimum absolute atomic E-state index is 0.0995. The van der Waals surface area contributed by atoms with E-state index in [9.17, 15) is 0 Å². The number of hydrogen-bond donors (Lipinski definition) is 0. The third-order valence-corrected chi connectivity index (χ3v) is 1.33. The average Bonchev–Trinajstić information content (AvgIpc) is 1.87. The van der Waals surface area contributed by atoms with Crippen molar-refractivity contribution in [1.82, 2.24) is 0 Å². The molecule has 67 valence electrons. The molecule has 2 unspecified atom stereocenters. The molecular formula is C8H17O2S. The summed E-state index contributed by atoms with van der Waals surface area (Å²) in [4.78, 5) is 0. The average molecular weight is 177 g/mol. The Morgan fingerprint density at radius 1 is 1.36 bits per heavy atom. The van der Waals surface area contributed by atoms with Crippen LogP contribution in [0.2, 0.25) is 0 Å². The van der Waals surface area contributed by atoms with E-state index in [-0.39, 0.29) is 11.7 Å². The van der Waals surface area contributed by atoms with E-state index in [1.807, 2.05) is 13.8 Å². The van der Waals surface area contributed by atoms with Crippen molar-refractivity contribution in [2.24, 2.45) is 0 Å². The minimum Gasteiger partial charge on any atom is -0.353 e. The Morgan fingerprint density at radius 3 is 2.36 bits per heavy atom. The van der Waals surface area contributed by atoms with Crippen LogP contribution in [0.15, 0.2) is 0 Å². The molecule has 0 aromatic heterocycles. The lowest BCUT2D eigenvalue weighted by Crippen LogP contribution is -2.19. The zero-order chi connectivity index (χ0) is 8.69. The lowest BCUT2D eigenvalue weighted by atomic mass is 10.3. The van der Waals surface area contributed by atoms with Crippen LogP contribution < -0.4 is 0 Å². The van der Waals surface area contributed by atoms with Crippen molar-refractivity contribution in [3.63, 3.8) is 0 Å². The predicted octanol–water partition coefficient (Wildman–Crippen LogP) is 2.71. The summed E-state index contributed by atoms with van der Waals surface area (Å²) in [6.45, 7) is 6.59. The Labute approximate surface area is 74.7 Å². The van der Waals surface area contributed by atoms with Crippen LogP contribution in [0.4, 0.5) is 0 Å². The number of ether oxygens (including phenoxy) is 2. The fraction of sp³-hybridized carbons (Fsp3) is 1.00. The van der Waals surface area contributed by atoms with Gasteiger partial charge in [-0.05, 0) is 20.3 Å². The van der Waals surface area contributed by atoms with E-state index in [4.69, 9.17) is 22.1 Å². The molecule has 0 saturated heterocycles. The van der Waals surface area contributed by atoms with Gasteiger partial charge in [-0.1, -0.05) is 26.0 Å². The zero-order valence-electron chi connectivity index (χ0n) is 7.50. The Balaban J connectivity index is 3.50. The molecule has 11 heavy (non-hydrogen) atoms. The summed E-state index contributed by atoms with van der Waals surface area (Å²) in [5, 5.41) is 0. The molecule has 0 aliphatic rings. The van der Waals surface area contributed by atoms with E-state index in [0.717, 1.165) is 12.8 Å². The van der Waals surface area contributed by atoms with Crippen molar-refractivity contribution in [2.45, 2.75) is 45.3 Å². The van der Waals surface area contributed by atoms with Crippen LogP contribution >= 0.6 is 12.6 Å². The third-order valence-electron chi connectivity index (χ3n) is 1.22. The first-order valence-electron chi connectivity index (χ1n) is 4.13. The second kappa shape index (κ2) is 6.95. The van der Waals surface area contributed by atoms with Gasteiger partial charge in [0.2, 0.25) is 0 Å². The summed E-state index contributed by atoms with van der Waals surface area (Å²) in [5.41, 5.74) is -0.155. The van der Waals surface area contributed by atoms with E-state index in [1.54, 1.807) is 0 Å². The first-order valence-corrected chi connectivity index (χ1v) is 4.60. The Kier molecular flexibility index (Phi) is 7.12. The molecule has 0 rings (SSSR count). The van der Waals surface area contributed by atoms with Crippen LogP contribution in [0.1, 0.15) is 33.6 Å². The van der Waals surface area contributed by atoms with Crippen LogP contribution in [0.3, 0.4) is 0 Å². The molecule has 1 radical (unpaired) electrons. The van der Waals surface area contributed by atoms with Crippen LogP contribution in [0.25, 0.3) is 0 Å². The molecule has 3 heteroatoms. The van der Waals surface area contributed by atoms with Gasteiger partial charge in [0.15, 0.2) is 6.29 Å². The molecule has 0 N–H and O–H groups in total. The maximum atomic E-state index is 5.32. The summed E-state index contributed by atoms with van der Waals surface area (Å²) in [7, 11) is 0. The highest BCUT2D eigenvalue weighted by molar-refractivity contribution is 7.80. The van der Waals surface area contributed by atoms with Gasteiger partial charge in [0.05, 0.1) is 0 Å². The van der Waals surface area contributed by atoms with Crippen molar-refractivity contribution >= 4 is 12.6 Å². The van der Waals surface area contributed by atoms with Gasteiger partial charge in [-0.3, -0.25) is 0 Å². The van der Waals surface area contributed by atoms with Crippen molar-refractivity contribution in [1.29, 1.82) is 0 Å². The Morgan fingerprint density at radius 2 is 2.00 bits per heavy atom. The van der Waals surface area contributed by atoms with Gasteiger partial charge < -0.3 is 9.47 Å². The van der Waals surface area contributed by atoms with Crippen LogP contribution in [-0.4, -0.2) is 18.3 Å². The van der Waals surface area contributed by atoms with Crippen molar-refractivity contribution < 1.29 is 9.47 Å². The molecule has 0 fully saturated rings. The molecule has 0 saturated carbocycles. The fourth-order valence-corrected chi connectivity index (χ4v) is 0.950. The normalized spacial score (nSPS) is 16.4. The predicted molar refractivity (Wildman–Crippen MR) is 48.5 cm³/mol. The van der Waals surface area contributed by atoms with Gasteiger partial charge in [-0.2, -0.15) is 0 Å². The van der Waals surface area contributed by atoms with E-state index < -0.39 is 0 Å². The highest BCUT2D eigenvalue weighted by Crippen LogP contribution is 2.08. The maximum Gasteiger partial charge on any atom is 0.159 e. The van der Waals surface area contributed by atoms with E-state index in [0.29, 0.717) is 6.61 Å². The molecule has 2 atom stereocenters. The van der Waals surface area contributed by atoms with Gasteiger partial charge in [0.1, 0.15) is 5.44 Å². The van der Waals surface area contributed by atoms with E-state index in [1.165, 1.54) is 0 Å². The van der Waals surface area contributed by atoms with Crippen molar-refractivity contribution in [2.75, 3.05) is 6.61 Å². The maximum absolute atomic E-state index is 5.32. The van der Waals surface area contributed by atoms with E-state index in [2.05, 4.69) is 6.92 Å². The lowest BCUT2D eigenvalue weighted by molar-refractivity contribution is -0.147. The smallest absolute Gasteiger partial charge is 0.159 e. The van der Waals surface area contributed by atoms with Crippen LogP contribution in [0, 0.1) is 0 Å². The first kappa shape index (κ1) is 11.3. The number of rotatable bonds is 6. The van der Waals surface area contributed by atoms with Crippen molar-refractivity contribution in [3.8, 4) is 0 Å².